The van der Waals surface area contributed by atoms with Crippen molar-refractivity contribution >= 4 is 17.3 Å². The van der Waals surface area contributed by atoms with Crippen molar-refractivity contribution in [1.29, 1.82) is 0 Å². The third-order valence-corrected chi connectivity index (χ3v) is 5.69. The molecule has 0 saturated carbocycles. The van der Waals surface area contributed by atoms with Crippen LogP contribution in [0.2, 0.25) is 0 Å². The summed E-state index contributed by atoms with van der Waals surface area (Å²) in [4.78, 5) is 16.0. The Kier molecular flexibility index (Phi) is 14.5. The van der Waals surface area contributed by atoms with E-state index in [0.29, 0.717) is 12.3 Å². The molecule has 150 valence electrons. The van der Waals surface area contributed by atoms with E-state index in [1.165, 1.54) is 89.9 Å². The van der Waals surface area contributed by atoms with Crippen molar-refractivity contribution in [1.82, 2.24) is 4.98 Å². The molecule has 0 amide bonds. The van der Waals surface area contributed by atoms with Gasteiger partial charge in [-0.1, -0.05) is 90.4 Å². The number of aryl methyl sites for hydroxylation is 1. The van der Waals surface area contributed by atoms with Gasteiger partial charge >= 0.3 is 5.97 Å². The molecule has 1 aromatic heterocycles. The van der Waals surface area contributed by atoms with E-state index in [1.807, 2.05) is 12.3 Å². The van der Waals surface area contributed by atoms with Crippen LogP contribution in [0.3, 0.4) is 0 Å². The molecule has 1 heterocycles. The first-order valence-electron chi connectivity index (χ1n) is 10.9. The molecule has 3 nitrogen and oxygen atoms in total. The first-order chi connectivity index (χ1) is 12.8. The van der Waals surface area contributed by atoms with E-state index >= 15 is 0 Å². The van der Waals surface area contributed by atoms with Gasteiger partial charge in [0.25, 0.3) is 0 Å². The Hall–Kier alpha value is -0.900. The van der Waals surface area contributed by atoms with Crippen LogP contribution in [0, 0.1) is 0 Å². The average molecular weight is 382 g/mol. The topological polar surface area (TPSA) is 39.2 Å². The summed E-state index contributed by atoms with van der Waals surface area (Å²) in [5.74, 6) is -0.295. The highest BCUT2D eigenvalue weighted by Gasteiger charge is 2.11. The van der Waals surface area contributed by atoms with Crippen molar-refractivity contribution in [3.63, 3.8) is 0 Å². The molecule has 0 aliphatic heterocycles. The van der Waals surface area contributed by atoms with E-state index in [2.05, 4.69) is 11.9 Å². The molecule has 1 aromatic rings. The molecule has 0 aliphatic carbocycles. The van der Waals surface area contributed by atoms with E-state index in [1.54, 1.807) is 11.3 Å². The molecule has 4 heteroatoms. The third kappa shape index (κ3) is 11.7. The third-order valence-electron chi connectivity index (χ3n) is 4.78. The van der Waals surface area contributed by atoms with Gasteiger partial charge in [-0.3, -0.25) is 0 Å². The highest BCUT2D eigenvalue weighted by Crippen LogP contribution is 2.16. The number of hydrogen-bond donors (Lipinski definition) is 0. The fourth-order valence-electron chi connectivity index (χ4n) is 3.20. The van der Waals surface area contributed by atoms with Crippen LogP contribution in [0.1, 0.15) is 119 Å². The number of unbranched alkanes of at least 4 members (excludes halogenated alkanes) is 13. The van der Waals surface area contributed by atoms with Crippen molar-refractivity contribution in [3.8, 4) is 0 Å². The number of rotatable bonds is 17. The van der Waals surface area contributed by atoms with Gasteiger partial charge in [-0.05, 0) is 19.8 Å². The lowest BCUT2D eigenvalue weighted by molar-refractivity contribution is 0.0520. The van der Waals surface area contributed by atoms with Crippen molar-refractivity contribution < 1.29 is 9.53 Å². The summed E-state index contributed by atoms with van der Waals surface area (Å²) in [5.41, 5.74) is 0.470. The van der Waals surface area contributed by atoms with Gasteiger partial charge in [-0.2, -0.15) is 0 Å². The van der Waals surface area contributed by atoms with Crippen LogP contribution in [-0.4, -0.2) is 17.6 Å². The van der Waals surface area contributed by atoms with E-state index < -0.39 is 0 Å². The van der Waals surface area contributed by atoms with Crippen molar-refractivity contribution in [2.45, 2.75) is 110 Å². The Morgan fingerprint density at radius 2 is 1.35 bits per heavy atom. The summed E-state index contributed by atoms with van der Waals surface area (Å²) in [6, 6.07) is 0. The summed E-state index contributed by atoms with van der Waals surface area (Å²) in [6.45, 7) is 4.51. The van der Waals surface area contributed by atoms with E-state index in [0.717, 1.165) is 11.4 Å². The number of aromatic nitrogens is 1. The lowest BCUT2D eigenvalue weighted by Gasteiger charge is -2.03. The average Bonchev–Trinajstić information content (AvgIpc) is 3.11. The minimum atomic E-state index is -0.295. The number of nitrogens with zero attached hydrogens (tertiary/aromatic N) is 1. The zero-order chi connectivity index (χ0) is 18.9. The van der Waals surface area contributed by atoms with Gasteiger partial charge < -0.3 is 4.74 Å². The van der Waals surface area contributed by atoms with Gasteiger partial charge in [0.1, 0.15) is 0 Å². The fraction of sp³-hybridized carbons (Fsp3) is 0.818. The molecule has 0 aromatic carbocycles. The largest absolute Gasteiger partial charge is 0.461 e. The van der Waals surface area contributed by atoms with Gasteiger partial charge in [0.05, 0.1) is 11.6 Å². The molecule has 0 aliphatic rings. The number of hydrogen-bond acceptors (Lipinski definition) is 4. The standard InChI is InChI=1S/C22H39NO2S/c1-3-5-6-7-8-9-10-11-12-13-14-15-16-17-18-21-23-20(19-26-21)22(24)25-4-2/h19H,3-18H2,1-2H3. The number of ether oxygens (including phenoxy) is 1. The highest BCUT2D eigenvalue weighted by molar-refractivity contribution is 7.09. The van der Waals surface area contributed by atoms with Crippen LogP contribution in [0.5, 0.6) is 0 Å². The normalized spacial score (nSPS) is 11.0. The quantitative estimate of drug-likeness (QED) is 0.209. The molecule has 0 bridgehead atoms. The van der Waals surface area contributed by atoms with Gasteiger partial charge in [-0.15, -0.1) is 11.3 Å². The smallest absolute Gasteiger partial charge is 0.357 e. The van der Waals surface area contributed by atoms with Crippen molar-refractivity contribution in [2.24, 2.45) is 0 Å². The summed E-state index contributed by atoms with van der Waals surface area (Å²) >= 11 is 1.58. The molecule has 0 spiro atoms. The lowest BCUT2D eigenvalue weighted by Crippen LogP contribution is -2.05. The second-order valence-electron chi connectivity index (χ2n) is 7.19. The summed E-state index contributed by atoms with van der Waals surface area (Å²) in [6.07, 6.45) is 20.3. The Morgan fingerprint density at radius 1 is 0.846 bits per heavy atom. The predicted octanol–water partition coefficient (Wildman–Crippen LogP) is 7.34. The van der Waals surface area contributed by atoms with Crippen LogP contribution in [0.25, 0.3) is 0 Å². The van der Waals surface area contributed by atoms with Crippen LogP contribution in [0.4, 0.5) is 0 Å². The zero-order valence-corrected chi connectivity index (χ0v) is 17.9. The predicted molar refractivity (Wildman–Crippen MR) is 112 cm³/mol. The fourth-order valence-corrected chi connectivity index (χ4v) is 4.01. The van der Waals surface area contributed by atoms with Gasteiger partial charge in [0, 0.05) is 5.38 Å². The number of esters is 1. The lowest BCUT2D eigenvalue weighted by atomic mass is 10.0. The first-order valence-corrected chi connectivity index (χ1v) is 11.8. The zero-order valence-electron chi connectivity index (χ0n) is 17.1. The van der Waals surface area contributed by atoms with Crippen molar-refractivity contribution in [3.05, 3.63) is 16.1 Å². The number of thiazole rings is 1. The Balaban J connectivity index is 1.87. The SMILES string of the molecule is CCCCCCCCCCCCCCCCc1nc(C(=O)OCC)cs1. The molecule has 0 unspecified atom stereocenters. The summed E-state index contributed by atoms with van der Waals surface area (Å²) < 4.78 is 4.97. The van der Waals surface area contributed by atoms with Crippen LogP contribution >= 0.6 is 11.3 Å². The van der Waals surface area contributed by atoms with Crippen LogP contribution < -0.4 is 0 Å². The van der Waals surface area contributed by atoms with Gasteiger partial charge in [0.2, 0.25) is 0 Å². The van der Waals surface area contributed by atoms with Gasteiger partial charge in [0.15, 0.2) is 5.69 Å². The first kappa shape index (κ1) is 23.1. The monoisotopic (exact) mass is 381 g/mol. The maximum atomic E-state index is 11.6. The molecule has 0 radical (unpaired) electrons. The maximum Gasteiger partial charge on any atom is 0.357 e. The molecule has 1 rings (SSSR count). The van der Waals surface area contributed by atoms with E-state index in [-0.39, 0.29) is 5.97 Å². The summed E-state index contributed by atoms with van der Waals surface area (Å²) in [7, 11) is 0. The molecule has 26 heavy (non-hydrogen) atoms. The van der Waals surface area contributed by atoms with Crippen LogP contribution in [-0.2, 0) is 11.2 Å². The minimum Gasteiger partial charge on any atom is -0.461 e. The van der Waals surface area contributed by atoms with E-state index in [4.69, 9.17) is 4.74 Å². The number of carbonyl (C=O) groups excluding carboxylic acids is 1. The van der Waals surface area contributed by atoms with Crippen molar-refractivity contribution in [2.75, 3.05) is 6.61 Å². The number of carbonyl (C=O) groups is 1. The Morgan fingerprint density at radius 3 is 1.85 bits per heavy atom. The minimum absolute atomic E-state index is 0.295. The second kappa shape index (κ2) is 16.3. The molecular weight excluding hydrogens is 342 g/mol. The Bertz CT molecular complexity index is 459. The van der Waals surface area contributed by atoms with Gasteiger partial charge in [-0.25, -0.2) is 9.78 Å². The molecule has 0 saturated heterocycles. The van der Waals surface area contributed by atoms with E-state index in [9.17, 15) is 4.79 Å². The molecular formula is C22H39NO2S. The molecule has 0 atom stereocenters. The maximum absolute atomic E-state index is 11.6. The van der Waals surface area contributed by atoms with Crippen LogP contribution in [0.15, 0.2) is 5.38 Å². The second-order valence-corrected chi connectivity index (χ2v) is 8.14. The molecule has 0 fully saturated rings. The summed E-state index contributed by atoms with van der Waals surface area (Å²) in [5, 5.41) is 2.88. The molecule has 0 N–H and O–H groups in total. The highest BCUT2D eigenvalue weighted by atomic mass is 32.1. The Labute approximate surface area is 165 Å².